The standard InChI is InChI=1S/C14H17NO2/c1-9(11-3-4-11)14(17)15-13-7-5-12(6-8-13)10(2)16/h5-9,11H,3-4H2,1-2H3,(H,15,17). The minimum Gasteiger partial charge on any atom is -0.326 e. The summed E-state index contributed by atoms with van der Waals surface area (Å²) in [6.07, 6.45) is 2.33. The summed E-state index contributed by atoms with van der Waals surface area (Å²) in [5, 5.41) is 2.88. The quantitative estimate of drug-likeness (QED) is 0.810. The normalized spacial score (nSPS) is 16.4. The molecule has 17 heavy (non-hydrogen) atoms. The van der Waals surface area contributed by atoms with Crippen molar-refractivity contribution in [1.82, 2.24) is 0 Å². The molecule has 0 spiro atoms. The molecule has 0 aliphatic heterocycles. The van der Waals surface area contributed by atoms with Crippen molar-refractivity contribution in [3.8, 4) is 0 Å². The van der Waals surface area contributed by atoms with Crippen LogP contribution in [0.4, 0.5) is 5.69 Å². The van der Waals surface area contributed by atoms with Gasteiger partial charge in [-0.15, -0.1) is 0 Å². The van der Waals surface area contributed by atoms with E-state index in [1.807, 2.05) is 6.92 Å². The summed E-state index contributed by atoms with van der Waals surface area (Å²) in [6, 6.07) is 7.02. The molecule has 1 amide bonds. The number of anilines is 1. The molecule has 3 nitrogen and oxygen atoms in total. The number of Topliss-reactive ketones (excluding diaryl/α,β-unsaturated/α-hetero) is 1. The minimum absolute atomic E-state index is 0.0363. The molecule has 1 aliphatic rings. The monoisotopic (exact) mass is 231 g/mol. The van der Waals surface area contributed by atoms with Gasteiger partial charge in [-0.1, -0.05) is 6.92 Å². The number of carbonyl (C=O) groups excluding carboxylic acids is 2. The van der Waals surface area contributed by atoms with E-state index in [2.05, 4.69) is 5.32 Å². The lowest BCUT2D eigenvalue weighted by atomic mass is 10.1. The average Bonchev–Trinajstić information content (AvgIpc) is 3.12. The van der Waals surface area contributed by atoms with Gasteiger partial charge in [0.05, 0.1) is 0 Å². The number of rotatable bonds is 4. The highest BCUT2D eigenvalue weighted by Gasteiger charge is 2.32. The Labute approximate surface area is 101 Å². The van der Waals surface area contributed by atoms with Crippen molar-refractivity contribution in [1.29, 1.82) is 0 Å². The second-order valence-electron chi connectivity index (χ2n) is 4.75. The van der Waals surface area contributed by atoms with Gasteiger partial charge < -0.3 is 5.32 Å². The van der Waals surface area contributed by atoms with Crippen LogP contribution in [-0.4, -0.2) is 11.7 Å². The molecule has 1 saturated carbocycles. The summed E-state index contributed by atoms with van der Waals surface area (Å²) in [6.45, 7) is 3.50. The fourth-order valence-corrected chi connectivity index (χ4v) is 1.85. The van der Waals surface area contributed by atoms with Gasteiger partial charge in [-0.2, -0.15) is 0 Å². The second-order valence-corrected chi connectivity index (χ2v) is 4.75. The first kappa shape index (κ1) is 11.8. The fraction of sp³-hybridized carbons (Fsp3) is 0.429. The Morgan fingerprint density at radius 1 is 1.24 bits per heavy atom. The van der Waals surface area contributed by atoms with Gasteiger partial charge in [-0.05, 0) is 49.9 Å². The molecule has 1 fully saturated rings. The third-order valence-corrected chi connectivity index (χ3v) is 3.30. The summed E-state index contributed by atoms with van der Waals surface area (Å²) < 4.78 is 0. The van der Waals surface area contributed by atoms with Gasteiger partial charge in [0.2, 0.25) is 5.91 Å². The molecule has 1 unspecified atom stereocenters. The number of benzene rings is 1. The van der Waals surface area contributed by atoms with E-state index in [1.54, 1.807) is 24.3 Å². The van der Waals surface area contributed by atoms with Crippen LogP contribution in [0.5, 0.6) is 0 Å². The smallest absolute Gasteiger partial charge is 0.227 e. The molecule has 1 aromatic rings. The molecule has 0 bridgehead atoms. The maximum Gasteiger partial charge on any atom is 0.227 e. The van der Waals surface area contributed by atoms with Crippen LogP contribution in [0.25, 0.3) is 0 Å². The molecule has 3 heteroatoms. The molecule has 1 aromatic carbocycles. The average molecular weight is 231 g/mol. The van der Waals surface area contributed by atoms with Gasteiger partial charge in [-0.25, -0.2) is 0 Å². The van der Waals surface area contributed by atoms with Crippen molar-refractivity contribution in [3.05, 3.63) is 29.8 Å². The highest BCUT2D eigenvalue weighted by molar-refractivity contribution is 5.96. The molecule has 0 radical (unpaired) electrons. The van der Waals surface area contributed by atoms with Gasteiger partial charge in [-0.3, -0.25) is 9.59 Å². The second kappa shape index (κ2) is 4.70. The summed E-state index contributed by atoms with van der Waals surface area (Å²) in [4.78, 5) is 22.9. The molecular weight excluding hydrogens is 214 g/mol. The molecule has 1 aliphatic carbocycles. The summed E-state index contributed by atoms with van der Waals surface area (Å²) in [5.41, 5.74) is 1.42. The van der Waals surface area contributed by atoms with Gasteiger partial charge in [0.15, 0.2) is 5.78 Å². The first-order valence-corrected chi connectivity index (χ1v) is 6.00. The molecule has 90 valence electrons. The highest BCUT2D eigenvalue weighted by Crippen LogP contribution is 2.37. The maximum absolute atomic E-state index is 11.8. The van der Waals surface area contributed by atoms with Crippen LogP contribution in [0, 0.1) is 11.8 Å². The SMILES string of the molecule is CC(=O)c1ccc(NC(=O)C(C)C2CC2)cc1. The first-order valence-electron chi connectivity index (χ1n) is 6.00. The van der Waals surface area contributed by atoms with Crippen molar-refractivity contribution < 1.29 is 9.59 Å². The zero-order valence-corrected chi connectivity index (χ0v) is 10.2. The zero-order chi connectivity index (χ0) is 12.4. The van der Waals surface area contributed by atoms with E-state index in [9.17, 15) is 9.59 Å². The molecular formula is C14H17NO2. The molecule has 1 N–H and O–H groups in total. The van der Waals surface area contributed by atoms with E-state index in [4.69, 9.17) is 0 Å². The number of amides is 1. The van der Waals surface area contributed by atoms with E-state index in [1.165, 1.54) is 6.92 Å². The largest absolute Gasteiger partial charge is 0.326 e. The highest BCUT2D eigenvalue weighted by atomic mass is 16.2. The number of hydrogen-bond acceptors (Lipinski definition) is 2. The number of nitrogens with one attached hydrogen (secondary N) is 1. The van der Waals surface area contributed by atoms with Crippen molar-refractivity contribution in [2.45, 2.75) is 26.7 Å². The van der Waals surface area contributed by atoms with E-state index >= 15 is 0 Å². The van der Waals surface area contributed by atoms with Crippen molar-refractivity contribution in [2.75, 3.05) is 5.32 Å². The van der Waals surface area contributed by atoms with Crippen LogP contribution in [0.15, 0.2) is 24.3 Å². The minimum atomic E-state index is 0.0363. The van der Waals surface area contributed by atoms with Gasteiger partial charge in [0, 0.05) is 17.2 Å². The Kier molecular flexibility index (Phi) is 3.27. The van der Waals surface area contributed by atoms with Gasteiger partial charge >= 0.3 is 0 Å². The number of hydrogen-bond donors (Lipinski definition) is 1. The number of carbonyl (C=O) groups is 2. The molecule has 0 aromatic heterocycles. The number of ketones is 1. The third-order valence-electron chi connectivity index (χ3n) is 3.30. The van der Waals surface area contributed by atoms with Crippen LogP contribution < -0.4 is 5.32 Å². The van der Waals surface area contributed by atoms with E-state index in [0.717, 1.165) is 18.5 Å². The Hall–Kier alpha value is -1.64. The lowest BCUT2D eigenvalue weighted by Crippen LogP contribution is -2.21. The first-order chi connectivity index (χ1) is 8.08. The Bertz CT molecular complexity index is 432. The topological polar surface area (TPSA) is 46.2 Å². The van der Waals surface area contributed by atoms with Crippen molar-refractivity contribution >= 4 is 17.4 Å². The molecule has 1 atom stereocenters. The molecule has 0 saturated heterocycles. The zero-order valence-electron chi connectivity index (χ0n) is 10.2. The van der Waals surface area contributed by atoms with Crippen LogP contribution in [0.2, 0.25) is 0 Å². The van der Waals surface area contributed by atoms with Crippen molar-refractivity contribution in [3.63, 3.8) is 0 Å². The van der Waals surface area contributed by atoms with Crippen molar-refractivity contribution in [2.24, 2.45) is 11.8 Å². The summed E-state index contributed by atoms with van der Waals surface area (Å²) in [7, 11) is 0. The Morgan fingerprint density at radius 3 is 2.29 bits per heavy atom. The predicted molar refractivity (Wildman–Crippen MR) is 67.0 cm³/mol. The Balaban J connectivity index is 1.98. The lowest BCUT2D eigenvalue weighted by Gasteiger charge is -2.11. The predicted octanol–water partition coefficient (Wildman–Crippen LogP) is 2.87. The Morgan fingerprint density at radius 2 is 1.82 bits per heavy atom. The summed E-state index contributed by atoms with van der Waals surface area (Å²) >= 11 is 0. The third kappa shape index (κ3) is 2.93. The van der Waals surface area contributed by atoms with Gasteiger partial charge in [0.1, 0.15) is 0 Å². The van der Waals surface area contributed by atoms with Crippen LogP contribution in [0.1, 0.15) is 37.0 Å². The van der Waals surface area contributed by atoms with Crippen LogP contribution >= 0.6 is 0 Å². The van der Waals surface area contributed by atoms with Gasteiger partial charge in [0.25, 0.3) is 0 Å². The molecule has 2 rings (SSSR count). The fourth-order valence-electron chi connectivity index (χ4n) is 1.85. The molecule has 0 heterocycles. The summed E-state index contributed by atoms with van der Waals surface area (Å²) in [5.74, 6) is 0.756. The van der Waals surface area contributed by atoms with E-state index in [-0.39, 0.29) is 17.6 Å². The lowest BCUT2D eigenvalue weighted by molar-refractivity contribution is -0.119. The van der Waals surface area contributed by atoms with E-state index < -0.39 is 0 Å². The maximum atomic E-state index is 11.8. The van der Waals surface area contributed by atoms with E-state index in [0.29, 0.717) is 11.5 Å². The van der Waals surface area contributed by atoms with Crippen LogP contribution in [0.3, 0.4) is 0 Å². The van der Waals surface area contributed by atoms with Crippen LogP contribution in [-0.2, 0) is 4.79 Å².